The summed E-state index contributed by atoms with van der Waals surface area (Å²) in [4.78, 5) is 19.5. The van der Waals surface area contributed by atoms with Crippen LogP contribution in [0, 0.1) is 0 Å². The zero-order chi connectivity index (χ0) is 18.1. The largest absolute Gasteiger partial charge is 0.324 e. The van der Waals surface area contributed by atoms with Gasteiger partial charge in [-0.25, -0.2) is 4.98 Å². The molecule has 1 aliphatic rings. The molecular formula is C19H17Cl2N3OS. The predicted molar refractivity (Wildman–Crippen MR) is 108 cm³/mol. The van der Waals surface area contributed by atoms with Crippen molar-refractivity contribution in [3.8, 4) is 0 Å². The van der Waals surface area contributed by atoms with Gasteiger partial charge in [0, 0.05) is 0 Å². The first kappa shape index (κ1) is 17.7. The maximum absolute atomic E-state index is 12.5. The number of hydrogen-bond donors (Lipinski definition) is 1. The molecule has 1 atom stereocenters. The molecule has 0 radical (unpaired) electrons. The summed E-state index contributed by atoms with van der Waals surface area (Å²) in [7, 11) is 0. The summed E-state index contributed by atoms with van der Waals surface area (Å²) in [6, 6.07) is 13.5. The molecule has 4 rings (SSSR count). The van der Waals surface area contributed by atoms with Crippen molar-refractivity contribution in [3.05, 3.63) is 57.5 Å². The Balaban J connectivity index is 1.48. The number of nitrogens with zero attached hydrogens (tertiary/aromatic N) is 2. The van der Waals surface area contributed by atoms with E-state index in [1.54, 1.807) is 29.5 Å². The van der Waals surface area contributed by atoms with Gasteiger partial charge in [-0.15, -0.1) is 11.3 Å². The molecule has 26 heavy (non-hydrogen) atoms. The average Bonchev–Trinajstić information content (AvgIpc) is 3.25. The first-order chi connectivity index (χ1) is 12.6. The molecule has 0 unspecified atom stereocenters. The molecule has 7 heteroatoms. The molecule has 1 N–H and O–H groups in total. The van der Waals surface area contributed by atoms with Crippen molar-refractivity contribution >= 4 is 56.3 Å². The normalized spacial score (nSPS) is 17.7. The molecule has 3 aromatic rings. The van der Waals surface area contributed by atoms with E-state index in [4.69, 9.17) is 28.2 Å². The highest BCUT2D eigenvalue weighted by Crippen LogP contribution is 2.36. The Kier molecular flexibility index (Phi) is 5.14. The molecule has 1 amide bonds. The topological polar surface area (TPSA) is 45.2 Å². The number of carbonyl (C=O) groups excluding carboxylic acids is 1. The van der Waals surface area contributed by atoms with Crippen molar-refractivity contribution in [1.82, 2.24) is 9.88 Å². The lowest BCUT2D eigenvalue weighted by Gasteiger charge is -2.22. The third-order valence-corrected chi connectivity index (χ3v) is 6.49. The van der Waals surface area contributed by atoms with E-state index < -0.39 is 0 Å². The van der Waals surface area contributed by atoms with Crippen LogP contribution in [0.2, 0.25) is 10.0 Å². The number of fused-ring (bicyclic) bond motifs is 1. The first-order valence-corrected chi connectivity index (χ1v) is 10.0. The minimum atomic E-state index is -0.0952. The highest BCUT2D eigenvalue weighted by atomic mass is 35.5. The monoisotopic (exact) mass is 405 g/mol. The average molecular weight is 406 g/mol. The van der Waals surface area contributed by atoms with Gasteiger partial charge in [0.25, 0.3) is 0 Å². The van der Waals surface area contributed by atoms with Gasteiger partial charge in [-0.05, 0) is 43.7 Å². The van der Waals surface area contributed by atoms with Crippen LogP contribution in [0.5, 0.6) is 0 Å². The number of benzene rings is 2. The molecule has 134 valence electrons. The maximum Gasteiger partial charge on any atom is 0.238 e. The molecule has 4 nitrogen and oxygen atoms in total. The van der Waals surface area contributed by atoms with Crippen LogP contribution in [0.3, 0.4) is 0 Å². The second kappa shape index (κ2) is 7.53. The molecule has 1 saturated heterocycles. The van der Waals surface area contributed by atoms with E-state index in [1.807, 2.05) is 18.2 Å². The summed E-state index contributed by atoms with van der Waals surface area (Å²) in [6.07, 6.45) is 2.08. The van der Waals surface area contributed by atoms with Crippen molar-refractivity contribution in [3.63, 3.8) is 0 Å². The maximum atomic E-state index is 12.5. The van der Waals surface area contributed by atoms with Crippen LogP contribution < -0.4 is 5.32 Å². The smallest absolute Gasteiger partial charge is 0.238 e. The summed E-state index contributed by atoms with van der Waals surface area (Å²) in [5.74, 6) is -0.0952. The highest BCUT2D eigenvalue weighted by molar-refractivity contribution is 7.18. The van der Waals surface area contributed by atoms with Crippen LogP contribution in [0.15, 0.2) is 42.5 Å². The fourth-order valence-corrected chi connectivity index (χ4v) is 4.79. The molecule has 1 aromatic heterocycles. The van der Waals surface area contributed by atoms with Gasteiger partial charge in [0.05, 0.1) is 38.5 Å². The molecule has 1 aliphatic heterocycles. The quantitative estimate of drug-likeness (QED) is 0.633. The van der Waals surface area contributed by atoms with Crippen LogP contribution in [-0.2, 0) is 4.79 Å². The number of para-hydroxylation sites is 1. The van der Waals surface area contributed by atoms with Crippen molar-refractivity contribution in [1.29, 1.82) is 0 Å². The third-order valence-electron chi connectivity index (χ3n) is 4.53. The lowest BCUT2D eigenvalue weighted by Crippen LogP contribution is -2.33. The summed E-state index contributed by atoms with van der Waals surface area (Å²) in [5, 5.41) is 4.74. The van der Waals surface area contributed by atoms with Crippen molar-refractivity contribution < 1.29 is 4.79 Å². The molecule has 0 saturated carbocycles. The Morgan fingerprint density at radius 2 is 2.08 bits per heavy atom. The second-order valence-corrected chi connectivity index (χ2v) is 8.15. The van der Waals surface area contributed by atoms with E-state index in [9.17, 15) is 4.79 Å². The zero-order valence-electron chi connectivity index (χ0n) is 13.9. The minimum absolute atomic E-state index is 0.0952. The van der Waals surface area contributed by atoms with E-state index >= 15 is 0 Å². The Bertz CT molecular complexity index is 926. The standard InChI is InChI=1S/C19H17Cl2N3OS/c20-12-5-3-7-14(18(12)21)22-17(25)11-24-10-4-8-15(24)19-23-13-6-1-2-9-16(13)26-19/h1-3,5-7,9,15H,4,8,10-11H2,(H,22,25)/t15-/m1/s1. The van der Waals surface area contributed by atoms with Crippen LogP contribution in [0.4, 0.5) is 5.69 Å². The van der Waals surface area contributed by atoms with Gasteiger partial charge < -0.3 is 5.32 Å². The number of amides is 1. The van der Waals surface area contributed by atoms with Gasteiger partial charge in [-0.3, -0.25) is 9.69 Å². The van der Waals surface area contributed by atoms with Gasteiger partial charge >= 0.3 is 0 Å². The van der Waals surface area contributed by atoms with Gasteiger partial charge in [0.1, 0.15) is 5.01 Å². The van der Waals surface area contributed by atoms with E-state index in [0.717, 1.165) is 29.9 Å². The van der Waals surface area contributed by atoms with Crippen LogP contribution in [0.25, 0.3) is 10.2 Å². The number of hydrogen-bond acceptors (Lipinski definition) is 4. The van der Waals surface area contributed by atoms with Crippen LogP contribution in [0.1, 0.15) is 23.9 Å². The molecule has 0 spiro atoms. The third kappa shape index (κ3) is 3.58. The Hall–Kier alpha value is -1.66. The van der Waals surface area contributed by atoms with Gasteiger partial charge in [-0.1, -0.05) is 41.4 Å². The summed E-state index contributed by atoms with van der Waals surface area (Å²) >= 11 is 13.9. The first-order valence-electron chi connectivity index (χ1n) is 8.45. The van der Waals surface area contributed by atoms with Crippen molar-refractivity contribution in [2.24, 2.45) is 0 Å². The summed E-state index contributed by atoms with van der Waals surface area (Å²) in [6.45, 7) is 1.20. The Morgan fingerprint density at radius 1 is 1.23 bits per heavy atom. The van der Waals surface area contributed by atoms with E-state index in [-0.39, 0.29) is 11.9 Å². The molecule has 2 aromatic carbocycles. The number of nitrogens with one attached hydrogen (secondary N) is 1. The fraction of sp³-hybridized carbons (Fsp3) is 0.263. The van der Waals surface area contributed by atoms with E-state index in [2.05, 4.69) is 16.3 Å². The van der Waals surface area contributed by atoms with Gasteiger partial charge in [0.2, 0.25) is 5.91 Å². The van der Waals surface area contributed by atoms with Crippen LogP contribution >= 0.6 is 34.5 Å². The number of rotatable bonds is 4. The number of carbonyl (C=O) groups is 1. The summed E-state index contributed by atoms with van der Waals surface area (Å²) in [5.41, 5.74) is 1.56. The predicted octanol–water partition coefficient (Wildman–Crippen LogP) is 5.38. The Morgan fingerprint density at radius 3 is 2.92 bits per heavy atom. The molecule has 0 aliphatic carbocycles. The number of thiazole rings is 1. The second-order valence-electron chi connectivity index (χ2n) is 6.30. The fourth-order valence-electron chi connectivity index (χ4n) is 3.30. The Labute approximate surface area is 165 Å². The number of likely N-dealkylation sites (tertiary alicyclic amines) is 1. The van der Waals surface area contributed by atoms with Gasteiger partial charge in [-0.2, -0.15) is 0 Å². The lowest BCUT2D eigenvalue weighted by atomic mass is 10.2. The SMILES string of the molecule is O=C(CN1CCC[C@@H]1c1nc2ccccc2s1)Nc1cccc(Cl)c1Cl. The minimum Gasteiger partial charge on any atom is -0.324 e. The van der Waals surface area contributed by atoms with Crippen molar-refractivity contribution in [2.75, 3.05) is 18.4 Å². The number of aromatic nitrogens is 1. The van der Waals surface area contributed by atoms with Gasteiger partial charge in [0.15, 0.2) is 0 Å². The van der Waals surface area contributed by atoms with Crippen molar-refractivity contribution in [2.45, 2.75) is 18.9 Å². The molecule has 0 bridgehead atoms. The van der Waals surface area contributed by atoms with E-state index in [0.29, 0.717) is 22.3 Å². The number of anilines is 1. The zero-order valence-corrected chi connectivity index (χ0v) is 16.2. The van der Waals surface area contributed by atoms with E-state index in [1.165, 1.54) is 4.70 Å². The lowest BCUT2D eigenvalue weighted by molar-refractivity contribution is -0.117. The highest BCUT2D eigenvalue weighted by Gasteiger charge is 2.30. The summed E-state index contributed by atoms with van der Waals surface area (Å²) < 4.78 is 1.18. The molecular weight excluding hydrogens is 389 g/mol. The molecule has 2 heterocycles. The molecule has 1 fully saturated rings. The van der Waals surface area contributed by atoms with Crippen LogP contribution in [-0.4, -0.2) is 28.9 Å². The number of halogens is 2.